The van der Waals surface area contributed by atoms with Gasteiger partial charge in [0.1, 0.15) is 5.75 Å². The average molecular weight is 234 g/mol. The Balaban J connectivity index is 1.95. The third-order valence-corrected chi connectivity index (χ3v) is 3.16. The summed E-state index contributed by atoms with van der Waals surface area (Å²) in [5.41, 5.74) is 6.74. The maximum absolute atomic E-state index is 5.67. The lowest BCUT2D eigenvalue weighted by atomic mass is 10.1. The number of hydrogen-bond acceptors (Lipinski definition) is 3. The van der Waals surface area contributed by atoms with E-state index in [1.54, 1.807) is 0 Å². The third-order valence-electron chi connectivity index (χ3n) is 3.16. The number of rotatable bonds is 5. The van der Waals surface area contributed by atoms with Gasteiger partial charge in [0.05, 0.1) is 6.61 Å². The van der Waals surface area contributed by atoms with Gasteiger partial charge in [0.2, 0.25) is 0 Å². The first-order valence-electron chi connectivity index (χ1n) is 6.58. The van der Waals surface area contributed by atoms with Gasteiger partial charge in [0.25, 0.3) is 0 Å². The van der Waals surface area contributed by atoms with Crippen molar-refractivity contribution in [2.24, 2.45) is 5.73 Å². The summed E-state index contributed by atoms with van der Waals surface area (Å²) in [6, 6.07) is 8.40. The van der Waals surface area contributed by atoms with Gasteiger partial charge in [-0.05, 0) is 44.4 Å². The van der Waals surface area contributed by atoms with Crippen molar-refractivity contribution in [3.05, 3.63) is 24.3 Å². The number of hydrogen-bond donors (Lipinski definition) is 1. The van der Waals surface area contributed by atoms with Gasteiger partial charge < -0.3 is 15.4 Å². The lowest BCUT2D eigenvalue weighted by molar-refractivity contribution is 0.313. The van der Waals surface area contributed by atoms with E-state index in [9.17, 15) is 0 Å². The molecule has 17 heavy (non-hydrogen) atoms. The van der Waals surface area contributed by atoms with Crippen LogP contribution in [-0.4, -0.2) is 26.2 Å². The van der Waals surface area contributed by atoms with Crippen LogP contribution in [0.1, 0.15) is 25.7 Å². The van der Waals surface area contributed by atoms with E-state index >= 15 is 0 Å². The molecule has 0 saturated carbocycles. The van der Waals surface area contributed by atoms with Crippen LogP contribution in [0.15, 0.2) is 24.3 Å². The molecule has 1 saturated heterocycles. The molecular formula is C14H22N2O. The van der Waals surface area contributed by atoms with Gasteiger partial charge in [-0.3, -0.25) is 0 Å². The van der Waals surface area contributed by atoms with Gasteiger partial charge in [0, 0.05) is 24.8 Å². The molecule has 1 aromatic rings. The highest BCUT2D eigenvalue weighted by atomic mass is 16.5. The Kier molecular flexibility index (Phi) is 4.68. The number of nitrogens with zero attached hydrogens (tertiary/aromatic N) is 1. The number of anilines is 1. The average Bonchev–Trinajstić information content (AvgIpc) is 2.41. The summed E-state index contributed by atoms with van der Waals surface area (Å²) in [5.74, 6) is 0.960. The molecule has 0 unspecified atom stereocenters. The Labute approximate surface area is 104 Å². The molecule has 1 aliphatic rings. The summed E-state index contributed by atoms with van der Waals surface area (Å²) in [5, 5.41) is 0. The molecule has 0 spiro atoms. The fourth-order valence-corrected chi connectivity index (χ4v) is 2.20. The monoisotopic (exact) mass is 234 g/mol. The lowest BCUT2D eigenvalue weighted by Gasteiger charge is -2.29. The molecular weight excluding hydrogens is 212 g/mol. The second-order valence-corrected chi connectivity index (χ2v) is 4.54. The molecule has 2 N–H and O–H groups in total. The Hall–Kier alpha value is -1.22. The number of ether oxygens (including phenoxy) is 1. The molecule has 0 bridgehead atoms. The summed E-state index contributed by atoms with van der Waals surface area (Å²) in [6.07, 6.45) is 4.88. The van der Waals surface area contributed by atoms with E-state index in [2.05, 4.69) is 23.1 Å². The van der Waals surface area contributed by atoms with E-state index < -0.39 is 0 Å². The van der Waals surface area contributed by atoms with Crippen molar-refractivity contribution in [2.45, 2.75) is 25.7 Å². The highest BCUT2D eigenvalue weighted by molar-refractivity contribution is 5.50. The summed E-state index contributed by atoms with van der Waals surface area (Å²) < 4.78 is 5.67. The van der Waals surface area contributed by atoms with E-state index in [1.165, 1.54) is 38.0 Å². The molecule has 3 nitrogen and oxygen atoms in total. The van der Waals surface area contributed by atoms with Gasteiger partial charge >= 0.3 is 0 Å². The van der Waals surface area contributed by atoms with Crippen LogP contribution in [0.3, 0.4) is 0 Å². The van der Waals surface area contributed by atoms with Crippen molar-refractivity contribution in [1.29, 1.82) is 0 Å². The fourth-order valence-electron chi connectivity index (χ4n) is 2.20. The van der Waals surface area contributed by atoms with Crippen molar-refractivity contribution in [3.63, 3.8) is 0 Å². The fraction of sp³-hybridized carbons (Fsp3) is 0.571. The quantitative estimate of drug-likeness (QED) is 0.795. The van der Waals surface area contributed by atoms with Gasteiger partial charge in [-0.2, -0.15) is 0 Å². The second kappa shape index (κ2) is 6.50. The van der Waals surface area contributed by atoms with E-state index in [0.717, 1.165) is 12.2 Å². The van der Waals surface area contributed by atoms with Crippen molar-refractivity contribution < 1.29 is 4.74 Å². The van der Waals surface area contributed by atoms with Crippen molar-refractivity contribution >= 4 is 5.69 Å². The van der Waals surface area contributed by atoms with Gasteiger partial charge in [-0.1, -0.05) is 6.07 Å². The number of nitrogens with two attached hydrogens (primary N) is 1. The molecule has 1 fully saturated rings. The van der Waals surface area contributed by atoms with Crippen LogP contribution in [0, 0.1) is 0 Å². The Morgan fingerprint density at radius 1 is 1.18 bits per heavy atom. The van der Waals surface area contributed by atoms with Crippen LogP contribution in [0.4, 0.5) is 5.69 Å². The molecule has 0 aliphatic carbocycles. The Morgan fingerprint density at radius 3 is 2.76 bits per heavy atom. The molecule has 1 heterocycles. The second-order valence-electron chi connectivity index (χ2n) is 4.54. The normalized spacial score (nSPS) is 15.9. The van der Waals surface area contributed by atoms with Crippen molar-refractivity contribution in [3.8, 4) is 5.75 Å². The van der Waals surface area contributed by atoms with Crippen LogP contribution in [0.5, 0.6) is 5.75 Å². The minimum absolute atomic E-state index is 0.686. The zero-order valence-corrected chi connectivity index (χ0v) is 10.4. The van der Waals surface area contributed by atoms with E-state index in [4.69, 9.17) is 10.5 Å². The zero-order chi connectivity index (χ0) is 11.9. The lowest BCUT2D eigenvalue weighted by Crippen LogP contribution is -2.29. The Bertz CT molecular complexity index is 335. The van der Waals surface area contributed by atoms with Crippen molar-refractivity contribution in [2.75, 3.05) is 31.1 Å². The maximum atomic E-state index is 5.67. The van der Waals surface area contributed by atoms with Gasteiger partial charge in [-0.15, -0.1) is 0 Å². The first-order valence-corrected chi connectivity index (χ1v) is 6.58. The smallest absolute Gasteiger partial charge is 0.121 e. The summed E-state index contributed by atoms with van der Waals surface area (Å²) in [7, 11) is 0. The molecule has 0 aromatic heterocycles. The first-order chi connectivity index (χ1) is 8.40. The zero-order valence-electron chi connectivity index (χ0n) is 10.4. The van der Waals surface area contributed by atoms with Crippen LogP contribution in [-0.2, 0) is 0 Å². The summed E-state index contributed by atoms with van der Waals surface area (Å²) in [4.78, 5) is 2.44. The molecule has 94 valence electrons. The first kappa shape index (κ1) is 12.2. The van der Waals surface area contributed by atoms with Crippen LogP contribution in [0.2, 0.25) is 0 Å². The predicted octanol–water partition coefficient (Wildman–Crippen LogP) is 2.40. The molecule has 1 aliphatic heterocycles. The maximum Gasteiger partial charge on any atom is 0.121 e. The summed E-state index contributed by atoms with van der Waals surface area (Å²) >= 11 is 0. The molecule has 3 heteroatoms. The molecule has 1 aromatic carbocycles. The minimum Gasteiger partial charge on any atom is -0.493 e. The highest BCUT2D eigenvalue weighted by Gasteiger charge is 2.11. The van der Waals surface area contributed by atoms with Crippen LogP contribution >= 0.6 is 0 Å². The molecule has 2 rings (SSSR count). The largest absolute Gasteiger partial charge is 0.493 e. The molecule has 0 amide bonds. The van der Waals surface area contributed by atoms with Crippen molar-refractivity contribution in [1.82, 2.24) is 0 Å². The predicted molar refractivity (Wildman–Crippen MR) is 71.7 cm³/mol. The SMILES string of the molecule is NCCCOc1cccc(N2CCCCC2)c1. The molecule has 0 radical (unpaired) electrons. The van der Waals surface area contributed by atoms with Crippen LogP contribution < -0.4 is 15.4 Å². The third kappa shape index (κ3) is 3.63. The van der Waals surface area contributed by atoms with Gasteiger partial charge in [0.15, 0.2) is 0 Å². The number of benzene rings is 1. The standard InChI is InChI=1S/C14H22N2O/c15-8-5-11-17-14-7-4-6-13(12-14)16-9-2-1-3-10-16/h4,6-7,12H,1-3,5,8-11,15H2. The topological polar surface area (TPSA) is 38.5 Å². The van der Waals surface area contributed by atoms with E-state index in [-0.39, 0.29) is 0 Å². The van der Waals surface area contributed by atoms with E-state index in [1.807, 2.05) is 6.07 Å². The summed E-state index contributed by atoms with van der Waals surface area (Å²) in [6.45, 7) is 3.74. The highest BCUT2D eigenvalue weighted by Crippen LogP contribution is 2.24. The van der Waals surface area contributed by atoms with Crippen LogP contribution in [0.25, 0.3) is 0 Å². The van der Waals surface area contributed by atoms with Gasteiger partial charge in [-0.25, -0.2) is 0 Å². The van der Waals surface area contributed by atoms with E-state index in [0.29, 0.717) is 13.2 Å². The Morgan fingerprint density at radius 2 is 2.00 bits per heavy atom. The minimum atomic E-state index is 0.686. The number of piperidine rings is 1. The molecule has 0 atom stereocenters.